The maximum absolute atomic E-state index is 14.0. The van der Waals surface area contributed by atoms with Crippen molar-refractivity contribution in [3.8, 4) is 0 Å². The quantitative estimate of drug-likeness (QED) is 0.452. The minimum Gasteiger partial charge on any atom is -0.366 e. The molecule has 6 nitrogen and oxygen atoms in total. The molecule has 152 valence electrons. The Balaban J connectivity index is 1.48. The van der Waals surface area contributed by atoms with E-state index in [9.17, 15) is 4.39 Å². The molecule has 0 amide bonds. The van der Waals surface area contributed by atoms with Gasteiger partial charge in [0.25, 0.3) is 0 Å². The first-order valence-electron chi connectivity index (χ1n) is 10.2. The van der Waals surface area contributed by atoms with Crippen LogP contribution in [0.25, 0.3) is 0 Å². The third-order valence-electron chi connectivity index (χ3n) is 5.10. The first-order valence-corrected chi connectivity index (χ1v) is 10.2. The number of benzene rings is 1. The summed E-state index contributed by atoms with van der Waals surface area (Å²) in [6, 6.07) is 7.01. The molecule has 1 N–H and O–H groups in total. The van der Waals surface area contributed by atoms with Crippen LogP contribution in [0.2, 0.25) is 0 Å². The zero-order chi connectivity index (χ0) is 19.8. The van der Waals surface area contributed by atoms with Gasteiger partial charge in [-0.2, -0.15) is 0 Å². The van der Waals surface area contributed by atoms with Crippen molar-refractivity contribution in [3.05, 3.63) is 48.3 Å². The topological polar surface area (TPSA) is 48.7 Å². The van der Waals surface area contributed by atoms with Crippen LogP contribution in [0.15, 0.2) is 41.7 Å². The molecule has 0 unspecified atom stereocenters. The number of anilines is 1. The summed E-state index contributed by atoms with van der Waals surface area (Å²) < 4.78 is 16.2. The van der Waals surface area contributed by atoms with Crippen molar-refractivity contribution in [2.75, 3.05) is 44.2 Å². The number of imidazole rings is 1. The molecule has 0 spiro atoms. The molecular weight excluding hydrogens is 355 g/mol. The van der Waals surface area contributed by atoms with Crippen LogP contribution in [0.3, 0.4) is 0 Å². The Bertz CT molecular complexity index is 764. The van der Waals surface area contributed by atoms with Crippen molar-refractivity contribution in [1.82, 2.24) is 19.8 Å². The van der Waals surface area contributed by atoms with Crippen molar-refractivity contribution in [3.63, 3.8) is 0 Å². The molecule has 1 saturated heterocycles. The summed E-state index contributed by atoms with van der Waals surface area (Å²) in [7, 11) is 0. The van der Waals surface area contributed by atoms with E-state index >= 15 is 0 Å². The van der Waals surface area contributed by atoms with E-state index in [0.29, 0.717) is 5.69 Å². The molecule has 1 fully saturated rings. The number of unbranched alkanes of at least 4 members (excludes halogenated alkanes) is 1. The van der Waals surface area contributed by atoms with Gasteiger partial charge < -0.3 is 19.7 Å². The molecule has 0 aliphatic carbocycles. The van der Waals surface area contributed by atoms with E-state index in [-0.39, 0.29) is 5.82 Å². The van der Waals surface area contributed by atoms with Crippen LogP contribution in [-0.2, 0) is 6.54 Å². The predicted octanol–water partition coefficient (Wildman–Crippen LogP) is 2.90. The standard InChI is InChI=1S/C21H31FN6/c1-3-23-21(25-10-6-7-12-26-13-11-24-18(26)2)28-16-14-27(15-17-28)20-9-5-4-8-19(20)22/h4-5,8-9,11,13H,3,6-7,10,12,14-17H2,1-2H3,(H,23,25). The van der Waals surface area contributed by atoms with Crippen LogP contribution in [0.5, 0.6) is 0 Å². The second-order valence-corrected chi connectivity index (χ2v) is 7.04. The Morgan fingerprint density at radius 3 is 2.64 bits per heavy atom. The number of guanidine groups is 1. The second-order valence-electron chi connectivity index (χ2n) is 7.04. The van der Waals surface area contributed by atoms with Crippen molar-refractivity contribution < 1.29 is 4.39 Å². The number of halogens is 1. The molecule has 1 aliphatic rings. The molecule has 0 bridgehead atoms. The van der Waals surface area contributed by atoms with E-state index < -0.39 is 0 Å². The number of hydrogen-bond acceptors (Lipinski definition) is 3. The van der Waals surface area contributed by atoms with Crippen LogP contribution in [0, 0.1) is 12.7 Å². The van der Waals surface area contributed by atoms with Gasteiger partial charge in [-0.3, -0.25) is 4.99 Å². The van der Waals surface area contributed by atoms with Gasteiger partial charge in [-0.05, 0) is 38.8 Å². The average Bonchev–Trinajstić information content (AvgIpc) is 3.12. The molecule has 1 aromatic carbocycles. The number of nitrogens with one attached hydrogen (secondary N) is 1. The average molecular weight is 387 g/mol. The summed E-state index contributed by atoms with van der Waals surface area (Å²) in [5, 5.41) is 3.40. The third-order valence-corrected chi connectivity index (χ3v) is 5.10. The highest BCUT2D eigenvalue weighted by Crippen LogP contribution is 2.20. The summed E-state index contributed by atoms with van der Waals surface area (Å²) in [6.45, 7) is 10.0. The lowest BCUT2D eigenvalue weighted by molar-refractivity contribution is 0.370. The van der Waals surface area contributed by atoms with Gasteiger partial charge in [0, 0.05) is 58.2 Å². The summed E-state index contributed by atoms with van der Waals surface area (Å²) in [5.41, 5.74) is 0.693. The molecule has 28 heavy (non-hydrogen) atoms. The van der Waals surface area contributed by atoms with Gasteiger partial charge in [0.1, 0.15) is 11.6 Å². The highest BCUT2D eigenvalue weighted by atomic mass is 19.1. The van der Waals surface area contributed by atoms with Crippen LogP contribution in [0.1, 0.15) is 25.6 Å². The summed E-state index contributed by atoms with van der Waals surface area (Å²) in [6.07, 6.45) is 6.00. The summed E-state index contributed by atoms with van der Waals surface area (Å²) >= 11 is 0. The van der Waals surface area contributed by atoms with E-state index in [0.717, 1.165) is 70.4 Å². The fourth-order valence-corrected chi connectivity index (χ4v) is 3.51. The van der Waals surface area contributed by atoms with E-state index in [4.69, 9.17) is 4.99 Å². The van der Waals surface area contributed by atoms with E-state index in [1.807, 2.05) is 31.5 Å². The number of hydrogen-bond donors (Lipinski definition) is 1. The Labute approximate surface area is 167 Å². The maximum atomic E-state index is 14.0. The molecule has 2 aromatic rings. The van der Waals surface area contributed by atoms with E-state index in [2.05, 4.69) is 31.6 Å². The van der Waals surface area contributed by atoms with Gasteiger partial charge >= 0.3 is 0 Å². The zero-order valence-electron chi connectivity index (χ0n) is 16.9. The smallest absolute Gasteiger partial charge is 0.194 e. The lowest BCUT2D eigenvalue weighted by atomic mass is 10.2. The molecule has 1 aromatic heterocycles. The Morgan fingerprint density at radius 2 is 1.96 bits per heavy atom. The van der Waals surface area contributed by atoms with Crippen LogP contribution >= 0.6 is 0 Å². The lowest BCUT2D eigenvalue weighted by Crippen LogP contribution is -2.52. The number of nitrogens with zero attached hydrogens (tertiary/aromatic N) is 5. The largest absolute Gasteiger partial charge is 0.366 e. The zero-order valence-corrected chi connectivity index (χ0v) is 16.9. The normalized spacial score (nSPS) is 15.2. The van der Waals surface area contributed by atoms with Gasteiger partial charge in [0.05, 0.1) is 5.69 Å². The first kappa shape index (κ1) is 20.2. The Morgan fingerprint density at radius 1 is 1.18 bits per heavy atom. The van der Waals surface area contributed by atoms with Gasteiger partial charge in [0.15, 0.2) is 5.96 Å². The van der Waals surface area contributed by atoms with E-state index in [1.54, 1.807) is 6.07 Å². The number of aliphatic imine (C=N–C) groups is 1. The lowest BCUT2D eigenvalue weighted by Gasteiger charge is -2.37. The number of piperazine rings is 1. The Hall–Kier alpha value is -2.57. The van der Waals surface area contributed by atoms with Crippen molar-refractivity contribution in [2.24, 2.45) is 4.99 Å². The van der Waals surface area contributed by atoms with Gasteiger partial charge in [-0.25, -0.2) is 9.37 Å². The number of aromatic nitrogens is 2. The highest BCUT2D eigenvalue weighted by molar-refractivity contribution is 5.80. The molecule has 7 heteroatoms. The number of aryl methyl sites for hydroxylation is 2. The van der Waals surface area contributed by atoms with Crippen LogP contribution in [0.4, 0.5) is 10.1 Å². The summed E-state index contributed by atoms with van der Waals surface area (Å²) in [5.74, 6) is 1.88. The van der Waals surface area contributed by atoms with Gasteiger partial charge in [0.2, 0.25) is 0 Å². The van der Waals surface area contributed by atoms with Gasteiger partial charge in [-0.15, -0.1) is 0 Å². The van der Waals surface area contributed by atoms with Crippen LogP contribution < -0.4 is 10.2 Å². The van der Waals surface area contributed by atoms with Gasteiger partial charge in [-0.1, -0.05) is 12.1 Å². The fourth-order valence-electron chi connectivity index (χ4n) is 3.51. The second kappa shape index (κ2) is 10.1. The SMILES string of the molecule is CCNC(=NCCCCn1ccnc1C)N1CCN(c2ccccc2F)CC1. The number of para-hydroxylation sites is 1. The molecule has 3 rings (SSSR count). The Kier molecular flexibility index (Phi) is 7.28. The minimum atomic E-state index is -0.148. The number of rotatable bonds is 7. The highest BCUT2D eigenvalue weighted by Gasteiger charge is 2.21. The molecule has 0 saturated carbocycles. The van der Waals surface area contributed by atoms with Crippen molar-refractivity contribution in [1.29, 1.82) is 0 Å². The third kappa shape index (κ3) is 5.24. The predicted molar refractivity (Wildman–Crippen MR) is 112 cm³/mol. The first-order chi connectivity index (χ1) is 13.7. The monoisotopic (exact) mass is 386 g/mol. The maximum Gasteiger partial charge on any atom is 0.194 e. The molecule has 1 aliphatic heterocycles. The summed E-state index contributed by atoms with van der Waals surface area (Å²) in [4.78, 5) is 13.5. The van der Waals surface area contributed by atoms with Crippen molar-refractivity contribution >= 4 is 11.6 Å². The van der Waals surface area contributed by atoms with Crippen molar-refractivity contribution in [2.45, 2.75) is 33.2 Å². The molecule has 0 radical (unpaired) electrons. The molecular formula is C21H31FN6. The van der Waals surface area contributed by atoms with Crippen LogP contribution in [-0.4, -0.2) is 59.7 Å². The fraction of sp³-hybridized carbons (Fsp3) is 0.524. The minimum absolute atomic E-state index is 0.148. The molecule has 2 heterocycles. The molecule has 0 atom stereocenters. The van der Waals surface area contributed by atoms with E-state index in [1.165, 1.54) is 6.07 Å².